The quantitative estimate of drug-likeness (QED) is 0.449. The zero-order chi connectivity index (χ0) is 22.5. The number of anilines is 1. The van der Waals surface area contributed by atoms with Crippen LogP contribution < -0.4 is 5.32 Å². The normalized spacial score (nSPS) is 10.7. The molecule has 8 heteroatoms. The summed E-state index contributed by atoms with van der Waals surface area (Å²) in [5.41, 5.74) is 2.11. The highest BCUT2D eigenvalue weighted by atomic mass is 19.1. The van der Waals surface area contributed by atoms with E-state index in [1.807, 2.05) is 0 Å². The number of amides is 2. The maximum Gasteiger partial charge on any atom is 0.224 e. The van der Waals surface area contributed by atoms with Crippen LogP contribution in [0.3, 0.4) is 0 Å². The Hall–Kier alpha value is -3.81. The Morgan fingerprint density at radius 3 is 2.48 bits per heavy atom. The summed E-state index contributed by atoms with van der Waals surface area (Å²) < 4.78 is 13.1. The summed E-state index contributed by atoms with van der Waals surface area (Å²) in [6.45, 7) is 0. The molecule has 0 aliphatic rings. The van der Waals surface area contributed by atoms with Gasteiger partial charge in [0.2, 0.25) is 11.8 Å². The molecule has 1 aromatic heterocycles. The number of carbonyl (C=O) groups excluding carboxylic acids is 3. The molecule has 0 spiro atoms. The Morgan fingerprint density at radius 1 is 1.13 bits per heavy atom. The molecule has 0 aliphatic heterocycles. The number of hydrogen-bond donors (Lipinski definition) is 2. The van der Waals surface area contributed by atoms with Gasteiger partial charge < -0.3 is 15.3 Å². The molecule has 1 heterocycles. The number of phenolic OH excluding ortho intramolecular Hbond substituents is 1. The van der Waals surface area contributed by atoms with Gasteiger partial charge in [-0.1, -0.05) is 12.1 Å². The van der Waals surface area contributed by atoms with Gasteiger partial charge in [0.05, 0.1) is 11.3 Å². The van der Waals surface area contributed by atoms with Gasteiger partial charge in [0.25, 0.3) is 0 Å². The van der Waals surface area contributed by atoms with Crippen LogP contribution in [0.25, 0.3) is 10.9 Å². The Morgan fingerprint density at radius 2 is 1.84 bits per heavy atom. The third-order valence-electron chi connectivity index (χ3n) is 4.82. The van der Waals surface area contributed by atoms with Gasteiger partial charge in [0.15, 0.2) is 12.0 Å². The van der Waals surface area contributed by atoms with Crippen molar-refractivity contribution in [3.05, 3.63) is 65.1 Å². The fraction of sp³-hybridized carbons (Fsp3) is 0.217. The van der Waals surface area contributed by atoms with Crippen LogP contribution >= 0.6 is 0 Å². The van der Waals surface area contributed by atoms with Crippen LogP contribution in [0, 0.1) is 5.82 Å². The number of pyridine rings is 1. The zero-order valence-corrected chi connectivity index (χ0v) is 17.2. The summed E-state index contributed by atoms with van der Waals surface area (Å²) in [4.78, 5) is 41.1. The first-order valence-electron chi connectivity index (χ1n) is 9.62. The largest absolute Gasteiger partial charge is 0.505 e. The van der Waals surface area contributed by atoms with Gasteiger partial charge in [-0.05, 0) is 41.8 Å². The van der Waals surface area contributed by atoms with Crippen molar-refractivity contribution in [2.45, 2.75) is 19.3 Å². The Bertz CT molecular complexity index is 1140. The van der Waals surface area contributed by atoms with Crippen molar-refractivity contribution in [2.75, 3.05) is 19.4 Å². The molecule has 160 valence electrons. The van der Waals surface area contributed by atoms with Crippen molar-refractivity contribution >= 4 is 34.7 Å². The van der Waals surface area contributed by atoms with Crippen LogP contribution in [0.15, 0.2) is 42.6 Å². The number of fused-ring (bicyclic) bond motifs is 1. The molecule has 3 rings (SSSR count). The van der Waals surface area contributed by atoms with E-state index in [0.29, 0.717) is 23.8 Å². The molecule has 0 bridgehead atoms. The van der Waals surface area contributed by atoms with Crippen LogP contribution in [0.2, 0.25) is 0 Å². The third-order valence-corrected chi connectivity index (χ3v) is 4.82. The SMILES string of the molecule is CN(C)C(=O)CCC(=O)Nc1cc(C=O)c(O)c2ncc(Cc3ccc(F)cc3)cc12. The fourth-order valence-corrected chi connectivity index (χ4v) is 3.13. The highest BCUT2D eigenvalue weighted by molar-refractivity contribution is 6.06. The van der Waals surface area contributed by atoms with Crippen LogP contribution in [-0.2, 0) is 16.0 Å². The summed E-state index contributed by atoms with van der Waals surface area (Å²) in [6, 6.07) is 9.19. The molecule has 2 N–H and O–H groups in total. The van der Waals surface area contributed by atoms with E-state index < -0.39 is 5.91 Å². The Labute approximate surface area is 178 Å². The Kier molecular flexibility index (Phi) is 6.59. The molecular formula is C23H22FN3O4. The lowest BCUT2D eigenvalue weighted by atomic mass is 10.0. The first-order chi connectivity index (χ1) is 14.8. The lowest BCUT2D eigenvalue weighted by Gasteiger charge is -2.13. The molecule has 0 aliphatic carbocycles. The van der Waals surface area contributed by atoms with E-state index in [0.717, 1.165) is 11.1 Å². The molecule has 0 radical (unpaired) electrons. The number of carbonyl (C=O) groups is 3. The first kappa shape index (κ1) is 21.9. The minimum Gasteiger partial charge on any atom is -0.505 e. The number of halogens is 1. The molecule has 31 heavy (non-hydrogen) atoms. The predicted octanol–water partition coefficient (Wildman–Crippen LogP) is 3.29. The predicted molar refractivity (Wildman–Crippen MR) is 115 cm³/mol. The number of nitrogens with zero attached hydrogens (tertiary/aromatic N) is 2. The standard InChI is InChI=1S/C23H22FN3O4/c1-27(2)21(30)8-7-20(29)26-19-11-16(13-28)23(31)22-18(19)10-15(12-25-22)9-14-3-5-17(24)6-4-14/h3-6,10-13,31H,7-9H2,1-2H3,(H,26,29). The highest BCUT2D eigenvalue weighted by Gasteiger charge is 2.16. The van der Waals surface area contributed by atoms with E-state index in [-0.39, 0.29) is 41.4 Å². The van der Waals surface area contributed by atoms with Crippen molar-refractivity contribution in [3.63, 3.8) is 0 Å². The van der Waals surface area contributed by atoms with Crippen molar-refractivity contribution < 1.29 is 23.9 Å². The second kappa shape index (κ2) is 9.34. The first-order valence-corrected chi connectivity index (χ1v) is 9.62. The number of phenols is 1. The minimum atomic E-state index is -0.400. The summed E-state index contributed by atoms with van der Waals surface area (Å²) in [5, 5.41) is 13.5. The maximum atomic E-state index is 13.1. The number of hydrogen-bond acceptors (Lipinski definition) is 5. The van der Waals surface area contributed by atoms with E-state index in [9.17, 15) is 23.9 Å². The third kappa shape index (κ3) is 5.22. The molecule has 2 aromatic carbocycles. The van der Waals surface area contributed by atoms with E-state index in [4.69, 9.17) is 0 Å². The smallest absolute Gasteiger partial charge is 0.224 e. The van der Waals surface area contributed by atoms with Gasteiger partial charge >= 0.3 is 0 Å². The van der Waals surface area contributed by atoms with Crippen molar-refractivity contribution in [2.24, 2.45) is 0 Å². The second-order valence-corrected chi connectivity index (χ2v) is 7.36. The second-order valence-electron chi connectivity index (χ2n) is 7.36. The molecule has 0 saturated heterocycles. The lowest BCUT2D eigenvalue weighted by molar-refractivity contribution is -0.130. The summed E-state index contributed by atoms with van der Waals surface area (Å²) in [6.07, 6.45) is 2.52. The summed E-state index contributed by atoms with van der Waals surface area (Å²) in [5.74, 6) is -1.19. The van der Waals surface area contributed by atoms with Crippen molar-refractivity contribution in [1.82, 2.24) is 9.88 Å². The van der Waals surface area contributed by atoms with E-state index >= 15 is 0 Å². The molecule has 0 atom stereocenters. The minimum absolute atomic E-state index is 0.00838. The number of benzene rings is 2. The average Bonchev–Trinajstić information content (AvgIpc) is 2.75. The van der Waals surface area contributed by atoms with Gasteiger partial charge in [-0.25, -0.2) is 4.39 Å². The van der Waals surface area contributed by atoms with Gasteiger partial charge in [-0.2, -0.15) is 0 Å². The maximum absolute atomic E-state index is 13.1. The van der Waals surface area contributed by atoms with Crippen molar-refractivity contribution in [1.29, 1.82) is 0 Å². The van der Waals surface area contributed by atoms with Crippen LogP contribution in [0.4, 0.5) is 10.1 Å². The Balaban J connectivity index is 1.93. The van der Waals surface area contributed by atoms with E-state index in [2.05, 4.69) is 10.3 Å². The average molecular weight is 423 g/mol. The van der Waals surface area contributed by atoms with Gasteiger partial charge in [-0.15, -0.1) is 0 Å². The molecular weight excluding hydrogens is 401 g/mol. The van der Waals surface area contributed by atoms with Gasteiger partial charge in [-0.3, -0.25) is 19.4 Å². The number of aromatic nitrogens is 1. The zero-order valence-electron chi connectivity index (χ0n) is 17.2. The number of aromatic hydroxyl groups is 1. The summed E-state index contributed by atoms with van der Waals surface area (Å²) in [7, 11) is 3.22. The lowest BCUT2D eigenvalue weighted by Crippen LogP contribution is -2.23. The molecule has 0 fully saturated rings. The number of rotatable bonds is 7. The molecule has 3 aromatic rings. The van der Waals surface area contributed by atoms with Gasteiger partial charge in [0.1, 0.15) is 11.3 Å². The molecule has 7 nitrogen and oxygen atoms in total. The highest BCUT2D eigenvalue weighted by Crippen LogP contribution is 2.33. The number of aldehydes is 1. The van der Waals surface area contributed by atoms with Crippen LogP contribution in [0.5, 0.6) is 5.75 Å². The molecule has 2 amide bonds. The molecule has 0 unspecified atom stereocenters. The van der Waals surface area contributed by atoms with Crippen molar-refractivity contribution in [3.8, 4) is 5.75 Å². The molecule has 0 saturated carbocycles. The van der Waals surface area contributed by atoms with E-state index in [1.165, 1.54) is 23.1 Å². The van der Waals surface area contributed by atoms with Crippen LogP contribution in [-0.4, -0.2) is 47.2 Å². The summed E-state index contributed by atoms with van der Waals surface area (Å²) >= 11 is 0. The van der Waals surface area contributed by atoms with Crippen LogP contribution in [0.1, 0.15) is 34.3 Å². The fourth-order valence-electron chi connectivity index (χ4n) is 3.13. The monoisotopic (exact) mass is 423 g/mol. The van der Waals surface area contributed by atoms with Gasteiger partial charge in [0, 0.05) is 38.5 Å². The topological polar surface area (TPSA) is 99.6 Å². The number of nitrogens with one attached hydrogen (secondary N) is 1. The van der Waals surface area contributed by atoms with E-state index in [1.54, 1.807) is 38.5 Å².